The molecule has 1 aliphatic heterocycles. The molecule has 1 aliphatic rings. The molecule has 0 unspecified atom stereocenters. The van der Waals surface area contributed by atoms with E-state index >= 15 is 0 Å². The van der Waals surface area contributed by atoms with Gasteiger partial charge in [0.1, 0.15) is 6.61 Å². The maximum Gasteiger partial charge on any atom is 0.407 e. The van der Waals surface area contributed by atoms with Crippen molar-refractivity contribution in [3.8, 4) is 0 Å². The van der Waals surface area contributed by atoms with Crippen LogP contribution in [-0.2, 0) is 4.74 Å². The molecule has 0 saturated carbocycles. The van der Waals surface area contributed by atoms with Gasteiger partial charge in [-0.3, -0.25) is 0 Å². The zero-order valence-electron chi connectivity index (χ0n) is 9.95. The zero-order valence-corrected chi connectivity index (χ0v) is 9.95. The first kappa shape index (κ1) is 13.3. The Bertz CT molecular complexity index is 203. The monoisotopic (exact) mass is 230 g/mol. The maximum atomic E-state index is 11.1. The SMILES string of the molecule is CCN1CCC(CNC(=O)OCCO)CC1. The van der Waals surface area contributed by atoms with Crippen LogP contribution >= 0.6 is 0 Å². The highest BCUT2D eigenvalue weighted by atomic mass is 16.6. The highest BCUT2D eigenvalue weighted by Crippen LogP contribution is 2.15. The van der Waals surface area contributed by atoms with Crippen LogP contribution in [0.4, 0.5) is 4.79 Å². The number of nitrogens with one attached hydrogen (secondary N) is 1. The smallest absolute Gasteiger partial charge is 0.407 e. The Kier molecular flexibility index (Phi) is 6.18. The number of alkyl carbamates (subject to hydrolysis) is 1. The predicted octanol–water partition coefficient (Wildman–Crippen LogP) is 0.437. The van der Waals surface area contributed by atoms with Gasteiger partial charge in [-0.1, -0.05) is 6.92 Å². The van der Waals surface area contributed by atoms with Gasteiger partial charge in [0.2, 0.25) is 0 Å². The van der Waals surface area contributed by atoms with E-state index in [-0.39, 0.29) is 13.2 Å². The van der Waals surface area contributed by atoms with Gasteiger partial charge in [-0.2, -0.15) is 0 Å². The van der Waals surface area contributed by atoms with Crippen molar-refractivity contribution in [2.45, 2.75) is 19.8 Å². The molecule has 1 heterocycles. The normalized spacial score (nSPS) is 18.4. The van der Waals surface area contributed by atoms with Crippen molar-refractivity contribution in [3.63, 3.8) is 0 Å². The van der Waals surface area contributed by atoms with E-state index in [9.17, 15) is 4.79 Å². The van der Waals surface area contributed by atoms with Gasteiger partial charge in [0.15, 0.2) is 0 Å². The predicted molar refractivity (Wildman–Crippen MR) is 61.3 cm³/mol. The topological polar surface area (TPSA) is 61.8 Å². The fourth-order valence-corrected chi connectivity index (χ4v) is 1.92. The molecule has 0 bridgehead atoms. The molecule has 1 rings (SSSR count). The Morgan fingerprint density at radius 2 is 2.19 bits per heavy atom. The number of aliphatic hydroxyl groups excluding tert-OH is 1. The molecule has 0 aromatic rings. The summed E-state index contributed by atoms with van der Waals surface area (Å²) in [6.45, 7) is 6.15. The van der Waals surface area contributed by atoms with Crippen molar-refractivity contribution in [2.24, 2.45) is 5.92 Å². The molecule has 1 saturated heterocycles. The first-order valence-electron chi connectivity index (χ1n) is 6.00. The Labute approximate surface area is 96.8 Å². The first-order chi connectivity index (χ1) is 7.76. The van der Waals surface area contributed by atoms with Crippen molar-refractivity contribution in [1.29, 1.82) is 0 Å². The number of likely N-dealkylation sites (tertiary alicyclic amines) is 1. The van der Waals surface area contributed by atoms with Crippen LogP contribution in [0.25, 0.3) is 0 Å². The molecule has 5 nitrogen and oxygen atoms in total. The summed E-state index contributed by atoms with van der Waals surface area (Å²) >= 11 is 0. The molecular weight excluding hydrogens is 208 g/mol. The van der Waals surface area contributed by atoms with E-state index in [1.54, 1.807) is 0 Å². The number of ether oxygens (including phenoxy) is 1. The molecule has 0 aliphatic carbocycles. The van der Waals surface area contributed by atoms with E-state index in [0.29, 0.717) is 12.5 Å². The molecule has 1 fully saturated rings. The zero-order chi connectivity index (χ0) is 11.8. The Hall–Kier alpha value is -0.810. The lowest BCUT2D eigenvalue weighted by molar-refractivity contribution is 0.115. The van der Waals surface area contributed by atoms with E-state index in [0.717, 1.165) is 32.5 Å². The summed E-state index contributed by atoms with van der Waals surface area (Å²) in [5.74, 6) is 0.560. The number of rotatable bonds is 5. The molecule has 2 N–H and O–H groups in total. The molecule has 16 heavy (non-hydrogen) atoms. The van der Waals surface area contributed by atoms with E-state index in [1.807, 2.05) is 0 Å². The van der Waals surface area contributed by atoms with Crippen LogP contribution in [0.5, 0.6) is 0 Å². The standard InChI is InChI=1S/C11H22N2O3/c1-2-13-5-3-10(4-6-13)9-12-11(15)16-8-7-14/h10,14H,2-9H2,1H3,(H,12,15). The molecule has 0 aromatic heterocycles. The van der Waals surface area contributed by atoms with Crippen LogP contribution in [0.2, 0.25) is 0 Å². The van der Waals surface area contributed by atoms with Gasteiger partial charge >= 0.3 is 6.09 Å². The quantitative estimate of drug-likeness (QED) is 0.719. The number of hydrogen-bond acceptors (Lipinski definition) is 4. The fourth-order valence-electron chi connectivity index (χ4n) is 1.92. The second-order valence-electron chi connectivity index (χ2n) is 4.12. The van der Waals surface area contributed by atoms with Crippen LogP contribution in [-0.4, -0.2) is 55.5 Å². The average molecular weight is 230 g/mol. The summed E-state index contributed by atoms with van der Waals surface area (Å²) in [4.78, 5) is 13.5. The number of carbonyl (C=O) groups excluding carboxylic acids is 1. The third kappa shape index (κ3) is 4.81. The molecule has 0 spiro atoms. The van der Waals surface area contributed by atoms with E-state index in [2.05, 4.69) is 17.1 Å². The molecule has 94 valence electrons. The third-order valence-corrected chi connectivity index (χ3v) is 3.01. The molecular formula is C11H22N2O3. The van der Waals surface area contributed by atoms with E-state index in [1.165, 1.54) is 0 Å². The van der Waals surface area contributed by atoms with E-state index < -0.39 is 6.09 Å². The highest BCUT2D eigenvalue weighted by Gasteiger charge is 2.18. The van der Waals surface area contributed by atoms with Crippen LogP contribution < -0.4 is 5.32 Å². The third-order valence-electron chi connectivity index (χ3n) is 3.01. The number of nitrogens with zero attached hydrogens (tertiary/aromatic N) is 1. The maximum absolute atomic E-state index is 11.1. The number of hydrogen-bond donors (Lipinski definition) is 2. The van der Waals surface area contributed by atoms with Crippen molar-refractivity contribution in [3.05, 3.63) is 0 Å². The summed E-state index contributed by atoms with van der Waals surface area (Å²) in [6, 6.07) is 0. The van der Waals surface area contributed by atoms with Gasteiger partial charge in [-0.25, -0.2) is 4.79 Å². The Morgan fingerprint density at radius 1 is 1.50 bits per heavy atom. The minimum Gasteiger partial charge on any atom is -0.447 e. The number of piperidine rings is 1. The van der Waals surface area contributed by atoms with Gasteiger partial charge in [0, 0.05) is 6.54 Å². The lowest BCUT2D eigenvalue weighted by Crippen LogP contribution is -2.38. The van der Waals surface area contributed by atoms with Crippen LogP contribution in [0.15, 0.2) is 0 Å². The van der Waals surface area contributed by atoms with Gasteiger partial charge in [0.05, 0.1) is 6.61 Å². The molecule has 0 atom stereocenters. The van der Waals surface area contributed by atoms with Crippen molar-refractivity contribution >= 4 is 6.09 Å². The van der Waals surface area contributed by atoms with Gasteiger partial charge in [0.25, 0.3) is 0 Å². The van der Waals surface area contributed by atoms with Crippen LogP contribution in [0, 0.1) is 5.92 Å². The second-order valence-corrected chi connectivity index (χ2v) is 4.12. The van der Waals surface area contributed by atoms with Gasteiger partial charge < -0.3 is 20.1 Å². The van der Waals surface area contributed by atoms with E-state index in [4.69, 9.17) is 9.84 Å². The largest absolute Gasteiger partial charge is 0.447 e. The Morgan fingerprint density at radius 3 is 2.75 bits per heavy atom. The summed E-state index contributed by atoms with van der Waals surface area (Å²) in [7, 11) is 0. The Balaban J connectivity index is 2.07. The van der Waals surface area contributed by atoms with Gasteiger partial charge in [-0.05, 0) is 38.4 Å². The second kappa shape index (κ2) is 7.46. The lowest BCUT2D eigenvalue weighted by Gasteiger charge is -2.30. The minimum atomic E-state index is -0.424. The van der Waals surface area contributed by atoms with Crippen molar-refractivity contribution in [2.75, 3.05) is 39.4 Å². The minimum absolute atomic E-state index is 0.0696. The summed E-state index contributed by atoms with van der Waals surface area (Å²) in [5, 5.41) is 11.2. The highest BCUT2D eigenvalue weighted by molar-refractivity contribution is 5.67. The lowest BCUT2D eigenvalue weighted by atomic mass is 9.97. The fraction of sp³-hybridized carbons (Fsp3) is 0.909. The number of aliphatic hydroxyl groups is 1. The average Bonchev–Trinajstić information content (AvgIpc) is 2.34. The number of carbonyl (C=O) groups is 1. The molecule has 1 amide bonds. The summed E-state index contributed by atoms with van der Waals surface area (Å²) < 4.78 is 4.71. The summed E-state index contributed by atoms with van der Waals surface area (Å²) in [5.41, 5.74) is 0. The van der Waals surface area contributed by atoms with Crippen LogP contribution in [0.3, 0.4) is 0 Å². The number of amides is 1. The molecule has 5 heteroatoms. The van der Waals surface area contributed by atoms with Crippen molar-refractivity contribution < 1.29 is 14.6 Å². The molecule has 0 aromatic carbocycles. The van der Waals surface area contributed by atoms with Crippen LogP contribution in [0.1, 0.15) is 19.8 Å². The summed E-state index contributed by atoms with van der Waals surface area (Å²) in [6.07, 6.45) is 1.84. The van der Waals surface area contributed by atoms with Crippen molar-refractivity contribution in [1.82, 2.24) is 10.2 Å². The first-order valence-corrected chi connectivity index (χ1v) is 6.00. The molecule has 0 radical (unpaired) electrons. The van der Waals surface area contributed by atoms with Gasteiger partial charge in [-0.15, -0.1) is 0 Å².